The summed E-state index contributed by atoms with van der Waals surface area (Å²) in [5.74, 6) is 7.25. The van der Waals surface area contributed by atoms with Crippen molar-refractivity contribution in [1.29, 1.82) is 0 Å². The van der Waals surface area contributed by atoms with E-state index >= 15 is 0 Å². The largest absolute Gasteiger partial charge is 0.501 e. The minimum Gasteiger partial charge on any atom is -0.501 e. The maximum Gasteiger partial charge on any atom is 0.121 e. The van der Waals surface area contributed by atoms with Gasteiger partial charge in [-0.2, -0.15) is 0 Å². The molecule has 11 rings (SSSR count). The molecule has 0 spiro atoms. The van der Waals surface area contributed by atoms with Gasteiger partial charge in [-0.25, -0.2) is 0 Å². The summed E-state index contributed by atoms with van der Waals surface area (Å²) in [5.41, 5.74) is 13.2. The van der Waals surface area contributed by atoms with Crippen LogP contribution in [-0.4, -0.2) is 27.8 Å². The number of benzene rings is 8. The van der Waals surface area contributed by atoms with E-state index < -0.39 is 19.2 Å². The van der Waals surface area contributed by atoms with Gasteiger partial charge in [-0.3, -0.25) is 4.98 Å². The van der Waals surface area contributed by atoms with E-state index in [1.165, 1.54) is 20.9 Å². The number of hydrogen-bond acceptors (Lipinski definition) is 3. The average molecular weight is 1070 g/mol. The first kappa shape index (κ1) is 41.6. The molecule has 4 nitrogen and oxygen atoms in total. The molecule has 0 unspecified atom stereocenters. The Morgan fingerprint density at radius 1 is 0.625 bits per heavy atom. The summed E-state index contributed by atoms with van der Waals surface area (Å²) in [6, 6.07) is 69.6. The fraction of sp³-hybridized carbons (Fsp3) is 0.103. The van der Waals surface area contributed by atoms with E-state index in [-0.39, 0.29) is 20.1 Å². The summed E-state index contributed by atoms with van der Waals surface area (Å²) in [4.78, 5) is 9.87. The maximum absolute atomic E-state index is 8.44. The third-order valence-electron chi connectivity index (χ3n) is 11.8. The predicted octanol–water partition coefficient (Wildman–Crippen LogP) is 15.1. The second-order valence-corrected chi connectivity index (χ2v) is 27.9. The van der Waals surface area contributed by atoms with Crippen molar-refractivity contribution < 1.29 is 25.9 Å². The molecular formula is C58H47GeIrN3O-2. The molecule has 0 aliphatic carbocycles. The van der Waals surface area contributed by atoms with Crippen LogP contribution in [0.5, 0.6) is 0 Å². The summed E-state index contributed by atoms with van der Waals surface area (Å²) >= 11 is -2.03. The van der Waals surface area contributed by atoms with E-state index in [2.05, 4.69) is 178 Å². The van der Waals surface area contributed by atoms with Gasteiger partial charge in [0.2, 0.25) is 0 Å². The van der Waals surface area contributed by atoms with Crippen LogP contribution in [0.4, 0.5) is 0 Å². The number of imidazole rings is 1. The van der Waals surface area contributed by atoms with Gasteiger partial charge >= 0.3 is 120 Å². The van der Waals surface area contributed by atoms with Crippen LogP contribution in [-0.2, 0) is 20.1 Å². The molecule has 11 aromatic rings. The SMILES string of the molecule is [2H]C(C)(C)c1cc(-c2[c-]cccc2)nc[c]1[Ge]([CH3])([CH3])[CH3].[Ir].[c-]1ccc2c(oc3cc(-c4ccccc4)ccc32)c1-c1nc2cc3ccccc3cc2n1-c1ccc(-c2ccccc2)cc1. The summed E-state index contributed by atoms with van der Waals surface area (Å²) in [6.07, 6.45) is 2.00. The van der Waals surface area contributed by atoms with Crippen molar-refractivity contribution in [2.24, 2.45) is 0 Å². The van der Waals surface area contributed by atoms with Crippen molar-refractivity contribution in [2.45, 2.75) is 37.0 Å². The van der Waals surface area contributed by atoms with Crippen LogP contribution in [0.2, 0.25) is 17.3 Å². The third kappa shape index (κ3) is 8.40. The van der Waals surface area contributed by atoms with Crippen LogP contribution < -0.4 is 4.40 Å². The molecule has 8 aromatic carbocycles. The van der Waals surface area contributed by atoms with Crippen LogP contribution in [0.25, 0.3) is 94.3 Å². The summed E-state index contributed by atoms with van der Waals surface area (Å²) < 4.78 is 18.7. The summed E-state index contributed by atoms with van der Waals surface area (Å²) in [5, 5.41) is 4.47. The number of fused-ring (bicyclic) bond motifs is 5. The first-order chi connectivity index (χ1) is 31.0. The quantitative estimate of drug-likeness (QED) is 0.118. The molecule has 0 atom stereocenters. The number of furan rings is 1. The molecule has 0 bridgehead atoms. The molecule has 0 saturated heterocycles. The monoisotopic (exact) mass is 1070 g/mol. The van der Waals surface area contributed by atoms with Crippen molar-refractivity contribution in [2.75, 3.05) is 0 Å². The molecule has 0 aliphatic heterocycles. The van der Waals surface area contributed by atoms with Crippen LogP contribution in [0, 0.1) is 12.1 Å². The van der Waals surface area contributed by atoms with E-state index in [1.54, 1.807) is 0 Å². The molecule has 0 saturated carbocycles. The standard InChI is InChI=1S/C41H25N2O.C17H22GeN.Ir/c1-3-10-27(11-4-1)29-18-21-33(22-19-29)43-38-25-31-15-8-7-14-30(31)24-37(38)42-41(43)36-17-9-16-35-34-23-20-32(26-39(34)44-40(35)36)28-12-5-2-6-13-28;1-13(2)15-11-17(14-9-7-6-8-10-14)19-12-16(15)18(3,4)5;/h1-16,18-26H;6-9,11-13H,1-5H3;/q2*-1;/i;13D;. The molecule has 315 valence electrons. The Balaban J connectivity index is 0.000000215. The number of hydrogen-bond donors (Lipinski definition) is 0. The van der Waals surface area contributed by atoms with Crippen LogP contribution in [0.3, 0.4) is 0 Å². The minimum absolute atomic E-state index is 0. The van der Waals surface area contributed by atoms with Crippen molar-refractivity contribution in [3.05, 3.63) is 206 Å². The molecule has 3 aromatic heterocycles. The zero-order valence-corrected chi connectivity index (χ0v) is 41.0. The molecule has 0 fully saturated rings. The zero-order chi connectivity index (χ0) is 44.0. The van der Waals surface area contributed by atoms with Crippen molar-refractivity contribution >= 4 is 61.4 Å². The van der Waals surface area contributed by atoms with E-state index in [4.69, 9.17) is 10.8 Å². The minimum atomic E-state index is -2.03. The Morgan fingerprint density at radius 2 is 1.27 bits per heavy atom. The Morgan fingerprint density at radius 3 is 1.94 bits per heavy atom. The second kappa shape index (κ2) is 18.0. The van der Waals surface area contributed by atoms with E-state index in [1.807, 2.05) is 62.5 Å². The fourth-order valence-electron chi connectivity index (χ4n) is 8.51. The van der Waals surface area contributed by atoms with Gasteiger partial charge in [-0.1, -0.05) is 120 Å². The number of aromatic nitrogens is 3. The van der Waals surface area contributed by atoms with Gasteiger partial charge < -0.3 is 8.98 Å². The van der Waals surface area contributed by atoms with E-state index in [0.29, 0.717) is 0 Å². The van der Waals surface area contributed by atoms with Gasteiger partial charge in [0.15, 0.2) is 0 Å². The van der Waals surface area contributed by atoms with Gasteiger partial charge in [0.25, 0.3) is 0 Å². The molecule has 64 heavy (non-hydrogen) atoms. The first-order valence-corrected chi connectivity index (χ1v) is 28.8. The van der Waals surface area contributed by atoms with Gasteiger partial charge in [-0.15, -0.1) is 18.2 Å². The molecule has 1 radical (unpaired) electrons. The van der Waals surface area contributed by atoms with Crippen LogP contribution >= 0.6 is 0 Å². The fourth-order valence-corrected chi connectivity index (χ4v) is 11.8. The Kier molecular flexibility index (Phi) is 11.7. The number of pyridine rings is 1. The third-order valence-corrected chi connectivity index (χ3v) is 16.0. The molecule has 6 heteroatoms. The van der Waals surface area contributed by atoms with Crippen molar-refractivity contribution in [1.82, 2.24) is 14.5 Å². The molecule has 0 amide bonds. The zero-order valence-electron chi connectivity index (χ0n) is 37.5. The predicted molar refractivity (Wildman–Crippen MR) is 267 cm³/mol. The normalized spacial score (nSPS) is 11.9. The topological polar surface area (TPSA) is 43.9 Å². The molecule has 3 heterocycles. The molecule has 0 aliphatic rings. The average Bonchev–Trinajstić information content (AvgIpc) is 3.89. The Labute approximate surface area is 392 Å². The molecular weight excluding hydrogens is 1020 g/mol. The van der Waals surface area contributed by atoms with E-state index in [9.17, 15) is 0 Å². The van der Waals surface area contributed by atoms with Gasteiger partial charge in [0.05, 0.1) is 22.4 Å². The Hall–Kier alpha value is -6.37. The molecule has 0 N–H and O–H groups in total. The van der Waals surface area contributed by atoms with Gasteiger partial charge in [-0.05, 0) is 63.4 Å². The first-order valence-electron chi connectivity index (χ1n) is 22.0. The van der Waals surface area contributed by atoms with Gasteiger partial charge in [0, 0.05) is 31.2 Å². The van der Waals surface area contributed by atoms with Crippen LogP contribution in [0.15, 0.2) is 193 Å². The summed E-state index contributed by atoms with van der Waals surface area (Å²) in [7, 11) is 0. The number of rotatable bonds is 7. The van der Waals surface area contributed by atoms with Crippen molar-refractivity contribution in [3.8, 4) is 50.6 Å². The number of nitrogens with zero attached hydrogens (tertiary/aromatic N) is 3. The van der Waals surface area contributed by atoms with Gasteiger partial charge in [0.1, 0.15) is 5.58 Å². The van der Waals surface area contributed by atoms with E-state index in [0.717, 1.165) is 83.4 Å². The Bertz CT molecular complexity index is 3440. The smallest absolute Gasteiger partial charge is 0.121 e. The van der Waals surface area contributed by atoms with Crippen molar-refractivity contribution in [3.63, 3.8) is 0 Å². The maximum atomic E-state index is 8.44. The second-order valence-electron chi connectivity index (χ2n) is 17.3. The summed E-state index contributed by atoms with van der Waals surface area (Å²) in [6.45, 7) is 3.91. The van der Waals surface area contributed by atoms with Crippen LogP contribution in [0.1, 0.15) is 26.7 Å².